The first kappa shape index (κ1) is 13.9. The highest BCUT2D eigenvalue weighted by atomic mass is 32.1. The van der Waals surface area contributed by atoms with Crippen molar-refractivity contribution < 1.29 is 0 Å². The summed E-state index contributed by atoms with van der Waals surface area (Å²) < 4.78 is 0. The van der Waals surface area contributed by atoms with Gasteiger partial charge in [0.05, 0.1) is 23.6 Å². The predicted octanol–water partition coefficient (Wildman–Crippen LogP) is 3.76. The Hall–Kier alpha value is -1.55. The van der Waals surface area contributed by atoms with Crippen molar-refractivity contribution in [3.05, 3.63) is 39.8 Å². The largest absolute Gasteiger partial charge is 0.397 e. The van der Waals surface area contributed by atoms with Crippen LogP contribution in [0.5, 0.6) is 0 Å². The molecule has 2 aromatic rings. The summed E-state index contributed by atoms with van der Waals surface area (Å²) in [6.45, 7) is 8.20. The van der Waals surface area contributed by atoms with Crippen LogP contribution in [0.3, 0.4) is 0 Å². The van der Waals surface area contributed by atoms with E-state index in [0.717, 1.165) is 41.6 Å². The highest BCUT2D eigenvalue weighted by Gasteiger charge is 2.12. The third-order valence-electron chi connectivity index (χ3n) is 3.17. The lowest BCUT2D eigenvalue weighted by Crippen LogP contribution is -2.24. The number of nitrogens with zero attached hydrogens (tertiary/aromatic N) is 2. The van der Waals surface area contributed by atoms with Crippen molar-refractivity contribution in [1.82, 2.24) is 4.98 Å². The van der Waals surface area contributed by atoms with Gasteiger partial charge in [-0.25, -0.2) is 4.98 Å². The topological polar surface area (TPSA) is 42.2 Å². The molecule has 1 aromatic heterocycles. The van der Waals surface area contributed by atoms with Gasteiger partial charge in [-0.1, -0.05) is 19.1 Å². The summed E-state index contributed by atoms with van der Waals surface area (Å²) in [7, 11) is 0. The van der Waals surface area contributed by atoms with Crippen LogP contribution in [0, 0.1) is 13.8 Å². The molecule has 1 heterocycles. The second-order valence-electron chi connectivity index (χ2n) is 4.73. The van der Waals surface area contributed by atoms with E-state index < -0.39 is 0 Å². The van der Waals surface area contributed by atoms with Crippen molar-refractivity contribution in [1.29, 1.82) is 0 Å². The molecule has 3 nitrogen and oxygen atoms in total. The van der Waals surface area contributed by atoms with E-state index in [9.17, 15) is 0 Å². The van der Waals surface area contributed by atoms with Gasteiger partial charge in [0.25, 0.3) is 0 Å². The third kappa shape index (κ3) is 3.26. The van der Waals surface area contributed by atoms with Crippen LogP contribution in [0.1, 0.15) is 28.9 Å². The van der Waals surface area contributed by atoms with Crippen LogP contribution in [0.2, 0.25) is 0 Å². The van der Waals surface area contributed by atoms with Gasteiger partial charge in [-0.05, 0) is 32.4 Å². The maximum Gasteiger partial charge on any atom is 0.112 e. The molecule has 0 unspecified atom stereocenters. The van der Waals surface area contributed by atoms with Gasteiger partial charge in [0.1, 0.15) is 5.01 Å². The zero-order valence-electron chi connectivity index (χ0n) is 11.8. The van der Waals surface area contributed by atoms with Crippen LogP contribution in [-0.2, 0) is 6.54 Å². The Labute approximate surface area is 119 Å². The number of hydrogen-bond donors (Lipinski definition) is 1. The van der Waals surface area contributed by atoms with Gasteiger partial charge in [-0.2, -0.15) is 0 Å². The minimum Gasteiger partial charge on any atom is -0.397 e. The van der Waals surface area contributed by atoms with Crippen LogP contribution >= 0.6 is 11.3 Å². The number of para-hydroxylation sites is 2. The molecule has 2 N–H and O–H groups in total. The Kier molecular flexibility index (Phi) is 4.43. The van der Waals surface area contributed by atoms with Crippen molar-refractivity contribution in [2.75, 3.05) is 17.2 Å². The molecule has 2 rings (SSSR count). The van der Waals surface area contributed by atoms with E-state index >= 15 is 0 Å². The van der Waals surface area contributed by atoms with E-state index in [-0.39, 0.29) is 0 Å². The van der Waals surface area contributed by atoms with Gasteiger partial charge in [-0.15, -0.1) is 11.3 Å². The molecule has 1 aromatic carbocycles. The smallest absolute Gasteiger partial charge is 0.112 e. The molecule has 0 bridgehead atoms. The maximum absolute atomic E-state index is 6.08. The first-order valence-electron chi connectivity index (χ1n) is 6.64. The summed E-state index contributed by atoms with van der Waals surface area (Å²) in [4.78, 5) is 8.23. The Morgan fingerprint density at radius 3 is 2.58 bits per heavy atom. The Balaban J connectivity index is 2.23. The zero-order chi connectivity index (χ0) is 13.8. The number of aromatic nitrogens is 1. The summed E-state index contributed by atoms with van der Waals surface area (Å²) in [6, 6.07) is 8.04. The van der Waals surface area contributed by atoms with Crippen molar-refractivity contribution in [3.8, 4) is 0 Å². The number of thiazole rings is 1. The van der Waals surface area contributed by atoms with Crippen molar-refractivity contribution in [2.45, 2.75) is 33.7 Å². The first-order valence-corrected chi connectivity index (χ1v) is 7.45. The Morgan fingerprint density at radius 2 is 2.00 bits per heavy atom. The molecular weight excluding hydrogens is 254 g/mol. The highest BCUT2D eigenvalue weighted by molar-refractivity contribution is 7.11. The zero-order valence-corrected chi connectivity index (χ0v) is 12.6. The minimum atomic E-state index is 0.834. The number of hydrogen-bond acceptors (Lipinski definition) is 4. The third-order valence-corrected chi connectivity index (χ3v) is 4.23. The fraction of sp³-hybridized carbons (Fsp3) is 0.400. The summed E-state index contributed by atoms with van der Waals surface area (Å²) in [6.07, 6.45) is 1.09. The molecule has 0 radical (unpaired) electrons. The van der Waals surface area contributed by atoms with E-state index in [2.05, 4.69) is 36.7 Å². The average Bonchev–Trinajstić information content (AvgIpc) is 2.68. The number of nitrogen functional groups attached to an aromatic ring is 1. The van der Waals surface area contributed by atoms with Gasteiger partial charge in [-0.3, -0.25) is 0 Å². The van der Waals surface area contributed by atoms with Crippen LogP contribution in [0.4, 0.5) is 11.4 Å². The molecule has 0 aliphatic carbocycles. The van der Waals surface area contributed by atoms with E-state index in [1.165, 1.54) is 4.88 Å². The lowest BCUT2D eigenvalue weighted by Gasteiger charge is -2.24. The molecule has 102 valence electrons. The second kappa shape index (κ2) is 6.06. The monoisotopic (exact) mass is 275 g/mol. The van der Waals surface area contributed by atoms with Crippen molar-refractivity contribution in [2.24, 2.45) is 0 Å². The molecule has 0 amide bonds. The molecule has 0 aliphatic heterocycles. The molecule has 0 saturated heterocycles. The molecule has 0 aliphatic rings. The fourth-order valence-corrected chi connectivity index (χ4v) is 3.05. The summed E-state index contributed by atoms with van der Waals surface area (Å²) in [5.41, 5.74) is 9.16. The maximum atomic E-state index is 6.08. The van der Waals surface area contributed by atoms with E-state index in [1.807, 2.05) is 18.2 Å². The van der Waals surface area contributed by atoms with Gasteiger partial charge in [0, 0.05) is 11.4 Å². The molecule has 0 saturated carbocycles. The van der Waals surface area contributed by atoms with E-state index in [0.29, 0.717) is 0 Å². The summed E-state index contributed by atoms with van der Waals surface area (Å²) in [5, 5.41) is 1.16. The quantitative estimate of drug-likeness (QED) is 0.845. The number of aryl methyl sites for hydroxylation is 2. The number of nitrogens with two attached hydrogens (primary N) is 1. The molecule has 4 heteroatoms. The van der Waals surface area contributed by atoms with Crippen molar-refractivity contribution in [3.63, 3.8) is 0 Å². The number of rotatable bonds is 5. The molecule has 0 fully saturated rings. The molecule has 0 spiro atoms. The van der Waals surface area contributed by atoms with Gasteiger partial charge < -0.3 is 10.6 Å². The van der Waals surface area contributed by atoms with Crippen LogP contribution in [0.15, 0.2) is 24.3 Å². The average molecular weight is 275 g/mol. The van der Waals surface area contributed by atoms with Crippen LogP contribution in [0.25, 0.3) is 0 Å². The van der Waals surface area contributed by atoms with Crippen LogP contribution in [-0.4, -0.2) is 11.5 Å². The SMILES string of the molecule is CCCN(Cc1nc(C)c(C)s1)c1ccccc1N. The van der Waals surface area contributed by atoms with Crippen molar-refractivity contribution >= 4 is 22.7 Å². The Bertz CT molecular complexity index is 529. The molecule has 19 heavy (non-hydrogen) atoms. The van der Waals surface area contributed by atoms with E-state index in [4.69, 9.17) is 5.73 Å². The molecule has 0 atom stereocenters. The highest BCUT2D eigenvalue weighted by Crippen LogP contribution is 2.26. The predicted molar refractivity (Wildman–Crippen MR) is 83.8 cm³/mol. The lowest BCUT2D eigenvalue weighted by molar-refractivity contribution is 0.763. The Morgan fingerprint density at radius 1 is 1.26 bits per heavy atom. The molecular formula is C15H21N3S. The van der Waals surface area contributed by atoms with Crippen LogP contribution < -0.4 is 10.6 Å². The van der Waals surface area contributed by atoms with Gasteiger partial charge in [0.15, 0.2) is 0 Å². The summed E-state index contributed by atoms with van der Waals surface area (Å²) >= 11 is 1.78. The van der Waals surface area contributed by atoms with Gasteiger partial charge in [0.2, 0.25) is 0 Å². The summed E-state index contributed by atoms with van der Waals surface area (Å²) in [5.74, 6) is 0. The number of anilines is 2. The fourth-order valence-electron chi connectivity index (χ4n) is 2.10. The lowest BCUT2D eigenvalue weighted by atomic mass is 10.2. The normalized spacial score (nSPS) is 10.7. The minimum absolute atomic E-state index is 0.834. The van der Waals surface area contributed by atoms with E-state index in [1.54, 1.807) is 11.3 Å². The standard InChI is InChI=1S/C15H21N3S/c1-4-9-18(14-8-6-5-7-13(14)16)10-15-17-11(2)12(3)19-15/h5-8H,4,9-10,16H2,1-3H3. The van der Waals surface area contributed by atoms with Gasteiger partial charge >= 0.3 is 0 Å². The number of benzene rings is 1. The first-order chi connectivity index (χ1) is 9.11. The second-order valence-corrected chi connectivity index (χ2v) is 6.02.